The van der Waals surface area contributed by atoms with E-state index in [-0.39, 0.29) is 0 Å². The minimum Gasteiger partial charge on any atom is -0.195 e. The molecule has 0 N–H and O–H groups in total. The number of hydrogen-bond donors (Lipinski definition) is 0. The molecule has 0 aromatic rings. The summed E-state index contributed by atoms with van der Waals surface area (Å²) < 4.78 is 0. The fourth-order valence-electron chi connectivity index (χ4n) is 3.64. The van der Waals surface area contributed by atoms with Crippen LogP contribution in [0.3, 0.4) is 0 Å². The molecule has 112 valence electrons. The van der Waals surface area contributed by atoms with Gasteiger partial charge in [-0.25, -0.2) is 0 Å². The quantitative estimate of drug-likeness (QED) is 0.497. The van der Waals surface area contributed by atoms with Crippen LogP contribution in [0.4, 0.5) is 0 Å². The monoisotopic (exact) mass is 382 g/mol. The highest BCUT2D eigenvalue weighted by molar-refractivity contribution is 8.85. The zero-order valence-electron chi connectivity index (χ0n) is 13.5. The predicted octanol–water partition coefficient (Wildman–Crippen LogP) is 6.55. The lowest BCUT2D eigenvalue weighted by atomic mass is 10.6. The zero-order chi connectivity index (χ0) is 14.4. The molecule has 0 saturated carbocycles. The molecule has 0 aromatic heterocycles. The standard InChI is InChI=1S/C12H30S3Si4/c1-16(2)9-7-11-18(5,13-16)15-19(6)12-8-10-17(3,4)14-19/h7-12H2,1-6H3. The third-order valence-electron chi connectivity index (χ3n) is 4.24. The zero-order valence-corrected chi connectivity index (χ0v) is 19.9. The van der Waals surface area contributed by atoms with E-state index < -0.39 is 27.2 Å². The summed E-state index contributed by atoms with van der Waals surface area (Å²) in [5.74, 6) is 0. The van der Waals surface area contributed by atoms with Crippen molar-refractivity contribution in [2.45, 2.75) is 76.3 Å². The smallest absolute Gasteiger partial charge is 0.162 e. The van der Waals surface area contributed by atoms with Gasteiger partial charge in [-0.1, -0.05) is 52.1 Å². The van der Waals surface area contributed by atoms with E-state index in [1.807, 2.05) is 0 Å². The van der Waals surface area contributed by atoms with Gasteiger partial charge in [-0.15, -0.1) is 0 Å². The molecule has 19 heavy (non-hydrogen) atoms. The van der Waals surface area contributed by atoms with Crippen molar-refractivity contribution in [2.24, 2.45) is 0 Å². The van der Waals surface area contributed by atoms with Crippen LogP contribution < -0.4 is 0 Å². The summed E-state index contributed by atoms with van der Waals surface area (Å²) in [6.45, 7) is 15.9. The Morgan fingerprint density at radius 2 is 1.00 bits per heavy atom. The van der Waals surface area contributed by atoms with E-state index >= 15 is 0 Å². The van der Waals surface area contributed by atoms with Crippen molar-refractivity contribution >= 4 is 59.2 Å². The molecule has 0 radical (unpaired) electrons. The van der Waals surface area contributed by atoms with Gasteiger partial charge in [0.25, 0.3) is 0 Å². The first-order valence-corrected chi connectivity index (χ1v) is 26.3. The van der Waals surface area contributed by atoms with Crippen LogP contribution in [0.2, 0.25) is 63.5 Å². The topological polar surface area (TPSA) is 0 Å². The van der Waals surface area contributed by atoms with E-state index in [9.17, 15) is 0 Å². The first-order valence-electron chi connectivity index (χ1n) is 7.64. The molecule has 2 unspecified atom stereocenters. The van der Waals surface area contributed by atoms with Crippen LogP contribution in [0.1, 0.15) is 12.8 Å². The van der Waals surface area contributed by atoms with Crippen molar-refractivity contribution in [1.29, 1.82) is 0 Å². The molecule has 0 spiro atoms. The summed E-state index contributed by atoms with van der Waals surface area (Å²) in [5, 5.41) is 0. The van der Waals surface area contributed by atoms with Crippen LogP contribution in [-0.2, 0) is 0 Å². The molecule has 0 nitrogen and oxygen atoms in total. The maximum Gasteiger partial charge on any atom is 0.162 e. The Labute approximate surface area is 134 Å². The molecular weight excluding hydrogens is 353 g/mol. The molecule has 2 atom stereocenters. The Kier molecular flexibility index (Phi) is 5.32. The van der Waals surface area contributed by atoms with Crippen LogP contribution in [0.5, 0.6) is 0 Å². The highest BCUT2D eigenvalue weighted by Crippen LogP contribution is 2.57. The normalized spacial score (nSPS) is 42.0. The van der Waals surface area contributed by atoms with Gasteiger partial charge in [-0.05, 0) is 24.2 Å². The summed E-state index contributed by atoms with van der Waals surface area (Å²) in [5.41, 5.74) is 0. The van der Waals surface area contributed by atoms with Gasteiger partial charge in [0.05, 0.1) is 0 Å². The minimum atomic E-state index is -1.04. The highest BCUT2D eigenvalue weighted by atomic mass is 32.8. The van der Waals surface area contributed by atoms with Crippen molar-refractivity contribution in [3.63, 3.8) is 0 Å². The highest BCUT2D eigenvalue weighted by Gasteiger charge is 2.49. The maximum absolute atomic E-state index is 2.72. The Balaban J connectivity index is 2.06. The third kappa shape index (κ3) is 4.96. The summed E-state index contributed by atoms with van der Waals surface area (Å²) >= 11 is 0. The second kappa shape index (κ2) is 5.85. The van der Waals surface area contributed by atoms with Crippen molar-refractivity contribution in [2.75, 3.05) is 0 Å². The molecule has 0 bridgehead atoms. The molecule has 2 heterocycles. The second-order valence-electron chi connectivity index (χ2n) is 7.80. The van der Waals surface area contributed by atoms with Crippen molar-refractivity contribution in [1.82, 2.24) is 0 Å². The van der Waals surface area contributed by atoms with Crippen LogP contribution >= 0.6 is 32.0 Å². The van der Waals surface area contributed by atoms with Gasteiger partial charge >= 0.3 is 0 Å². The van der Waals surface area contributed by atoms with Gasteiger partial charge in [0, 0.05) is 0 Å². The van der Waals surface area contributed by atoms with Crippen LogP contribution in [-0.4, -0.2) is 27.2 Å². The molecule has 2 aliphatic heterocycles. The molecule has 0 aliphatic carbocycles. The lowest BCUT2D eigenvalue weighted by molar-refractivity contribution is 1.03. The average Bonchev–Trinajstić information content (AvgIpc) is 2.10. The first-order chi connectivity index (χ1) is 8.54. The van der Waals surface area contributed by atoms with Crippen LogP contribution in [0.25, 0.3) is 0 Å². The molecule has 2 rings (SSSR count). The van der Waals surface area contributed by atoms with E-state index in [1.165, 1.54) is 0 Å². The SMILES string of the molecule is C[Si]1(C)CCC[Si](C)(S[Si]2(C)CCC[Si](C)(C)S2)S1. The Morgan fingerprint density at radius 3 is 1.32 bits per heavy atom. The Bertz CT molecular complexity index is 318. The van der Waals surface area contributed by atoms with Gasteiger partial charge in [0.1, 0.15) is 14.4 Å². The fourth-order valence-corrected chi connectivity index (χ4v) is 94.5. The Morgan fingerprint density at radius 1 is 0.632 bits per heavy atom. The summed E-state index contributed by atoms with van der Waals surface area (Å²) in [7, 11) is 5.95. The predicted molar refractivity (Wildman–Crippen MR) is 109 cm³/mol. The lowest BCUT2D eigenvalue weighted by Gasteiger charge is -2.47. The minimum absolute atomic E-state index is 0.897. The van der Waals surface area contributed by atoms with Gasteiger partial charge in [0.15, 0.2) is 12.7 Å². The summed E-state index contributed by atoms with van der Waals surface area (Å²) in [6, 6.07) is 6.35. The molecule has 0 amide bonds. The van der Waals surface area contributed by atoms with E-state index in [2.05, 4.69) is 71.3 Å². The van der Waals surface area contributed by atoms with E-state index in [4.69, 9.17) is 0 Å². The van der Waals surface area contributed by atoms with Crippen molar-refractivity contribution < 1.29 is 0 Å². The van der Waals surface area contributed by atoms with Crippen molar-refractivity contribution in [3.8, 4) is 0 Å². The van der Waals surface area contributed by atoms with Gasteiger partial charge in [0.2, 0.25) is 0 Å². The first kappa shape index (κ1) is 17.3. The molecule has 7 heteroatoms. The van der Waals surface area contributed by atoms with E-state index in [1.54, 1.807) is 37.0 Å². The molecular formula is C12H30S3Si4. The van der Waals surface area contributed by atoms with E-state index in [0.717, 1.165) is 0 Å². The summed E-state index contributed by atoms with van der Waals surface area (Å²) in [6.07, 6.45) is 1.03. The van der Waals surface area contributed by atoms with Gasteiger partial charge in [-0.3, -0.25) is 0 Å². The van der Waals surface area contributed by atoms with Gasteiger partial charge in [-0.2, -0.15) is 32.0 Å². The Hall–Kier alpha value is 1.92. The number of hydrogen-bond acceptors (Lipinski definition) is 3. The number of rotatable bonds is 2. The molecule has 2 aliphatic rings. The van der Waals surface area contributed by atoms with E-state index in [0.29, 0.717) is 0 Å². The summed E-state index contributed by atoms with van der Waals surface area (Å²) in [4.78, 5) is 0. The average molecular weight is 383 g/mol. The molecule has 0 aromatic carbocycles. The largest absolute Gasteiger partial charge is 0.195 e. The molecule has 2 fully saturated rings. The maximum atomic E-state index is 2.72. The van der Waals surface area contributed by atoms with Crippen LogP contribution in [0.15, 0.2) is 0 Å². The molecule has 2 saturated heterocycles. The van der Waals surface area contributed by atoms with Gasteiger partial charge < -0.3 is 0 Å². The lowest BCUT2D eigenvalue weighted by Crippen LogP contribution is -2.45. The fraction of sp³-hybridized carbons (Fsp3) is 1.00. The third-order valence-corrected chi connectivity index (χ3v) is 59.4. The second-order valence-corrected chi connectivity index (χ2v) is 48.3. The van der Waals surface area contributed by atoms with Crippen LogP contribution in [0, 0.1) is 0 Å². The van der Waals surface area contributed by atoms with Crippen molar-refractivity contribution in [3.05, 3.63) is 0 Å².